The van der Waals surface area contributed by atoms with Crippen LogP contribution in [0.1, 0.15) is 13.3 Å². The molecule has 0 radical (unpaired) electrons. The Morgan fingerprint density at radius 1 is 1.38 bits per heavy atom. The summed E-state index contributed by atoms with van der Waals surface area (Å²) in [5.41, 5.74) is 2.47. The van der Waals surface area contributed by atoms with Crippen LogP contribution in [0.4, 0.5) is 5.69 Å². The Balaban J connectivity index is 2.53. The molecule has 1 rings (SSSR count). The van der Waals surface area contributed by atoms with Crippen molar-refractivity contribution >= 4 is 23.4 Å². The largest absolute Gasteiger partial charge is 0.494 e. The Bertz CT molecular complexity index is 258. The number of nitrogens with one attached hydrogen (secondary N) is 1. The summed E-state index contributed by atoms with van der Waals surface area (Å²) in [7, 11) is 0. The van der Waals surface area contributed by atoms with Gasteiger partial charge in [0.25, 0.3) is 0 Å². The van der Waals surface area contributed by atoms with Crippen LogP contribution in [0, 0.1) is 0 Å². The molecule has 0 unspecified atom stereocenters. The van der Waals surface area contributed by atoms with Crippen molar-refractivity contribution < 1.29 is 4.74 Å². The second-order valence-corrected chi connectivity index (χ2v) is 2.87. The van der Waals surface area contributed by atoms with Crippen LogP contribution in [0.15, 0.2) is 24.3 Å². The summed E-state index contributed by atoms with van der Waals surface area (Å²) in [6.07, 6.45) is 1.03. The van der Waals surface area contributed by atoms with E-state index in [1.807, 2.05) is 24.3 Å². The van der Waals surface area contributed by atoms with Gasteiger partial charge in [-0.05, 0) is 30.7 Å². The summed E-state index contributed by atoms with van der Waals surface area (Å²) < 4.78 is 5.42. The van der Waals surface area contributed by atoms with Gasteiger partial charge in [0.2, 0.25) is 0 Å². The van der Waals surface area contributed by atoms with Gasteiger partial charge in [-0.2, -0.15) is 0 Å². The van der Waals surface area contributed by atoms with Crippen LogP contribution in [0.5, 0.6) is 5.75 Å². The molecule has 70 valence electrons. The van der Waals surface area contributed by atoms with Gasteiger partial charge in [0.1, 0.15) is 5.75 Å². The first kappa shape index (κ1) is 9.99. The van der Waals surface area contributed by atoms with Crippen molar-refractivity contribution in [3.05, 3.63) is 24.3 Å². The third-order valence-electron chi connectivity index (χ3n) is 1.55. The maximum absolute atomic E-state index is 5.42. The molecule has 2 nitrogen and oxygen atoms in total. The van der Waals surface area contributed by atoms with Crippen molar-refractivity contribution in [1.82, 2.24) is 0 Å². The van der Waals surface area contributed by atoms with Crippen LogP contribution in [0.3, 0.4) is 0 Å². The molecule has 1 aromatic carbocycles. The van der Waals surface area contributed by atoms with Crippen molar-refractivity contribution in [3.63, 3.8) is 0 Å². The van der Waals surface area contributed by atoms with E-state index in [0.717, 1.165) is 24.5 Å². The molecule has 0 aromatic heterocycles. The molecule has 0 spiro atoms. The van der Waals surface area contributed by atoms with E-state index in [1.165, 1.54) is 5.49 Å². The van der Waals surface area contributed by atoms with E-state index in [1.54, 1.807) is 0 Å². The summed E-state index contributed by atoms with van der Waals surface area (Å²) >= 11 is 4.67. The third-order valence-corrected chi connectivity index (χ3v) is 1.67. The van der Waals surface area contributed by atoms with Crippen molar-refractivity contribution in [2.75, 3.05) is 11.9 Å². The monoisotopic (exact) mass is 195 g/mol. The fourth-order valence-corrected chi connectivity index (χ4v) is 1.07. The van der Waals surface area contributed by atoms with Crippen LogP contribution >= 0.6 is 12.2 Å². The maximum Gasteiger partial charge on any atom is 0.119 e. The van der Waals surface area contributed by atoms with Crippen LogP contribution in [0.2, 0.25) is 0 Å². The normalized spacial score (nSPS) is 9.31. The number of anilines is 1. The molecule has 0 bridgehead atoms. The van der Waals surface area contributed by atoms with E-state index in [9.17, 15) is 0 Å². The van der Waals surface area contributed by atoms with E-state index in [0.29, 0.717) is 0 Å². The molecule has 3 heteroatoms. The Labute approximate surface area is 83.9 Å². The second kappa shape index (κ2) is 5.54. The molecule has 0 fully saturated rings. The van der Waals surface area contributed by atoms with Gasteiger partial charge in [-0.15, -0.1) is 0 Å². The van der Waals surface area contributed by atoms with Crippen molar-refractivity contribution in [1.29, 1.82) is 0 Å². The van der Waals surface area contributed by atoms with Crippen molar-refractivity contribution in [3.8, 4) is 5.75 Å². The standard InChI is InChI=1S/C10H13NOS/c1-2-7-12-10-5-3-9(4-6-10)11-8-13/h3-6,8H,2,7H2,1H3,(H,11,13). The lowest BCUT2D eigenvalue weighted by atomic mass is 10.3. The first-order chi connectivity index (χ1) is 6.36. The highest BCUT2D eigenvalue weighted by atomic mass is 32.1. The van der Waals surface area contributed by atoms with E-state index >= 15 is 0 Å². The number of hydrogen-bond acceptors (Lipinski definition) is 2. The van der Waals surface area contributed by atoms with E-state index < -0.39 is 0 Å². The molecule has 0 atom stereocenters. The van der Waals surface area contributed by atoms with Gasteiger partial charge in [-0.1, -0.05) is 19.1 Å². The Hall–Kier alpha value is -1.09. The fourth-order valence-electron chi connectivity index (χ4n) is 0.935. The van der Waals surface area contributed by atoms with Crippen molar-refractivity contribution in [2.24, 2.45) is 0 Å². The molecule has 0 saturated carbocycles. The zero-order valence-corrected chi connectivity index (χ0v) is 8.43. The first-order valence-electron chi connectivity index (χ1n) is 4.30. The van der Waals surface area contributed by atoms with Crippen LogP contribution < -0.4 is 10.1 Å². The molecule has 0 aliphatic rings. The zero-order valence-electron chi connectivity index (χ0n) is 7.62. The van der Waals surface area contributed by atoms with Crippen LogP contribution in [-0.2, 0) is 0 Å². The summed E-state index contributed by atoms with van der Waals surface area (Å²) in [5.74, 6) is 0.900. The van der Waals surface area contributed by atoms with Gasteiger partial charge in [0.15, 0.2) is 0 Å². The molecular weight excluding hydrogens is 182 g/mol. The summed E-state index contributed by atoms with van der Waals surface area (Å²) in [4.78, 5) is 0. The molecule has 13 heavy (non-hydrogen) atoms. The lowest BCUT2D eigenvalue weighted by Gasteiger charge is -2.05. The summed E-state index contributed by atoms with van der Waals surface area (Å²) in [5, 5.41) is 2.93. The first-order valence-corrected chi connectivity index (χ1v) is 4.77. The molecule has 1 N–H and O–H groups in total. The average molecular weight is 195 g/mol. The van der Waals surface area contributed by atoms with Gasteiger partial charge >= 0.3 is 0 Å². The fraction of sp³-hybridized carbons (Fsp3) is 0.300. The second-order valence-electron chi connectivity index (χ2n) is 2.64. The Kier molecular flexibility index (Phi) is 4.26. The van der Waals surface area contributed by atoms with Gasteiger partial charge in [-0.3, -0.25) is 0 Å². The van der Waals surface area contributed by atoms with E-state index in [2.05, 4.69) is 24.5 Å². The predicted octanol–water partition coefficient (Wildman–Crippen LogP) is 2.84. The number of hydrogen-bond donors (Lipinski definition) is 1. The van der Waals surface area contributed by atoms with Crippen LogP contribution in [0.25, 0.3) is 0 Å². The summed E-state index contributed by atoms with van der Waals surface area (Å²) in [6.45, 7) is 2.85. The van der Waals surface area contributed by atoms with E-state index in [-0.39, 0.29) is 0 Å². The molecule has 0 aliphatic carbocycles. The van der Waals surface area contributed by atoms with E-state index in [4.69, 9.17) is 4.74 Å². The third kappa shape index (κ3) is 3.42. The topological polar surface area (TPSA) is 21.3 Å². The van der Waals surface area contributed by atoms with Crippen LogP contribution in [-0.4, -0.2) is 12.1 Å². The number of ether oxygens (including phenoxy) is 1. The van der Waals surface area contributed by atoms with Gasteiger partial charge in [0, 0.05) is 5.69 Å². The molecule has 1 aromatic rings. The lowest BCUT2D eigenvalue weighted by Crippen LogP contribution is -1.95. The van der Waals surface area contributed by atoms with Crippen molar-refractivity contribution in [2.45, 2.75) is 13.3 Å². The molecule has 0 amide bonds. The molecule has 0 saturated heterocycles. The smallest absolute Gasteiger partial charge is 0.119 e. The molecular formula is C10H13NOS. The number of benzene rings is 1. The zero-order chi connectivity index (χ0) is 9.52. The van der Waals surface area contributed by atoms with Gasteiger partial charge in [-0.25, -0.2) is 0 Å². The van der Waals surface area contributed by atoms with Gasteiger partial charge < -0.3 is 10.1 Å². The average Bonchev–Trinajstić information content (AvgIpc) is 2.17. The predicted molar refractivity (Wildman–Crippen MR) is 59.5 cm³/mol. The minimum atomic E-state index is 0.764. The summed E-state index contributed by atoms with van der Waals surface area (Å²) in [6, 6.07) is 7.73. The quantitative estimate of drug-likeness (QED) is 0.730. The van der Waals surface area contributed by atoms with Gasteiger partial charge in [0.05, 0.1) is 12.1 Å². The SMILES string of the molecule is CCCOc1ccc(NC=S)cc1. The minimum absolute atomic E-state index is 0.764. The number of rotatable bonds is 5. The highest BCUT2D eigenvalue weighted by Gasteiger charge is 1.92. The highest BCUT2D eigenvalue weighted by molar-refractivity contribution is 7.79. The highest BCUT2D eigenvalue weighted by Crippen LogP contribution is 2.15. The molecule has 0 heterocycles. The Morgan fingerprint density at radius 2 is 2.08 bits per heavy atom. The minimum Gasteiger partial charge on any atom is -0.494 e. The maximum atomic E-state index is 5.42. The molecule has 0 aliphatic heterocycles. The number of thiocarbonyl (C=S) groups is 1. The Morgan fingerprint density at radius 3 is 2.62 bits per heavy atom. The lowest BCUT2D eigenvalue weighted by molar-refractivity contribution is 0.317.